The highest BCUT2D eigenvalue weighted by molar-refractivity contribution is 5.35. The Kier molecular flexibility index (Phi) is 2.42. The summed E-state index contributed by atoms with van der Waals surface area (Å²) < 4.78 is 0. The summed E-state index contributed by atoms with van der Waals surface area (Å²) in [5.74, 6) is 5.03. The summed E-state index contributed by atoms with van der Waals surface area (Å²) in [6.07, 6.45) is 7.31. The van der Waals surface area contributed by atoms with Crippen LogP contribution in [0.25, 0.3) is 0 Å². The van der Waals surface area contributed by atoms with Gasteiger partial charge in [0.25, 0.3) is 0 Å². The van der Waals surface area contributed by atoms with Gasteiger partial charge in [0.1, 0.15) is 0 Å². The van der Waals surface area contributed by atoms with Crippen LogP contribution in [0.5, 0.6) is 0 Å². The zero-order chi connectivity index (χ0) is 13.3. The maximum Gasteiger partial charge on any atom is 0.0325 e. The molecule has 1 N–H and O–H groups in total. The molecule has 1 aromatic carbocycles. The van der Waals surface area contributed by atoms with Crippen molar-refractivity contribution in [2.45, 2.75) is 57.0 Å². The molecule has 0 radical (unpaired) electrons. The highest BCUT2D eigenvalue weighted by atomic mass is 15.0. The van der Waals surface area contributed by atoms with Crippen LogP contribution in [0.1, 0.15) is 62.1 Å². The van der Waals surface area contributed by atoms with Gasteiger partial charge in [0, 0.05) is 12.1 Å². The minimum absolute atomic E-state index is 0.636. The van der Waals surface area contributed by atoms with Crippen molar-refractivity contribution < 1.29 is 0 Å². The smallest absolute Gasteiger partial charge is 0.0325 e. The van der Waals surface area contributed by atoms with Crippen LogP contribution in [0.3, 0.4) is 0 Å². The molecular weight excluding hydrogens is 242 g/mol. The molecular formula is C19H25N. The second-order valence-corrected chi connectivity index (χ2v) is 7.84. The molecule has 0 aliphatic heterocycles. The molecule has 0 saturated heterocycles. The van der Waals surface area contributed by atoms with E-state index in [1.165, 1.54) is 25.7 Å². The Morgan fingerprint density at radius 2 is 1.60 bits per heavy atom. The van der Waals surface area contributed by atoms with Crippen molar-refractivity contribution in [3.05, 3.63) is 35.4 Å². The van der Waals surface area contributed by atoms with Crippen LogP contribution < -0.4 is 5.32 Å². The van der Waals surface area contributed by atoms with E-state index in [9.17, 15) is 0 Å². The van der Waals surface area contributed by atoms with Crippen molar-refractivity contribution in [1.82, 2.24) is 5.32 Å². The second kappa shape index (κ2) is 4.10. The molecule has 4 aliphatic rings. The van der Waals surface area contributed by atoms with E-state index in [0.717, 1.165) is 35.6 Å². The van der Waals surface area contributed by atoms with Crippen molar-refractivity contribution in [2.24, 2.45) is 23.7 Å². The second-order valence-electron chi connectivity index (χ2n) is 7.84. The first-order chi connectivity index (χ1) is 9.83. The van der Waals surface area contributed by atoms with E-state index in [-0.39, 0.29) is 0 Å². The maximum atomic E-state index is 4.07. The van der Waals surface area contributed by atoms with Crippen LogP contribution in [0.15, 0.2) is 24.3 Å². The van der Waals surface area contributed by atoms with Crippen molar-refractivity contribution in [3.8, 4) is 0 Å². The summed E-state index contributed by atoms with van der Waals surface area (Å²) in [5, 5.41) is 4.07. The van der Waals surface area contributed by atoms with Crippen LogP contribution in [0.4, 0.5) is 0 Å². The summed E-state index contributed by atoms with van der Waals surface area (Å²) >= 11 is 0. The Morgan fingerprint density at radius 3 is 2.35 bits per heavy atom. The summed E-state index contributed by atoms with van der Waals surface area (Å²) in [7, 11) is 0. The van der Waals surface area contributed by atoms with Gasteiger partial charge >= 0.3 is 0 Å². The zero-order valence-electron chi connectivity index (χ0n) is 12.4. The van der Waals surface area contributed by atoms with E-state index in [4.69, 9.17) is 0 Å². The van der Waals surface area contributed by atoms with Crippen molar-refractivity contribution in [1.29, 1.82) is 0 Å². The van der Waals surface area contributed by atoms with Gasteiger partial charge in [-0.2, -0.15) is 0 Å². The number of rotatable bonds is 2. The first-order valence-corrected chi connectivity index (χ1v) is 8.68. The number of hydrogen-bond donors (Lipinski definition) is 1. The average Bonchev–Trinajstić information content (AvgIpc) is 2.86. The van der Waals surface area contributed by atoms with Crippen LogP contribution in [0, 0.1) is 23.7 Å². The summed E-state index contributed by atoms with van der Waals surface area (Å²) in [6, 6.07) is 10.7. The molecule has 0 amide bonds. The molecule has 4 aliphatic carbocycles. The number of benzene rings is 1. The third-order valence-electron chi connectivity index (χ3n) is 6.92. The fourth-order valence-corrected chi connectivity index (χ4v) is 5.96. The van der Waals surface area contributed by atoms with E-state index < -0.39 is 0 Å². The molecule has 1 aromatic rings. The van der Waals surface area contributed by atoms with Gasteiger partial charge in [-0.25, -0.2) is 0 Å². The molecule has 3 fully saturated rings. The van der Waals surface area contributed by atoms with Gasteiger partial charge in [0.05, 0.1) is 0 Å². The van der Waals surface area contributed by atoms with Crippen LogP contribution in [-0.2, 0) is 0 Å². The minimum Gasteiger partial charge on any atom is -0.307 e. The van der Waals surface area contributed by atoms with Crippen LogP contribution in [0.2, 0.25) is 0 Å². The Hall–Kier alpha value is -0.820. The zero-order valence-corrected chi connectivity index (χ0v) is 12.4. The van der Waals surface area contributed by atoms with Crippen molar-refractivity contribution in [3.63, 3.8) is 0 Å². The van der Waals surface area contributed by atoms with Gasteiger partial charge in [-0.05, 0) is 72.8 Å². The predicted molar refractivity (Wildman–Crippen MR) is 81.6 cm³/mol. The fraction of sp³-hybridized carbons (Fsp3) is 0.684. The number of nitrogens with one attached hydrogen (secondary N) is 1. The topological polar surface area (TPSA) is 12.0 Å². The highest BCUT2D eigenvalue weighted by Gasteiger charge is 2.65. The Labute approximate surface area is 122 Å². The summed E-state index contributed by atoms with van der Waals surface area (Å²) in [5.41, 5.74) is 3.20. The predicted octanol–water partition coefficient (Wildman–Crippen LogP) is 4.26. The van der Waals surface area contributed by atoms with E-state index in [2.05, 4.69) is 36.5 Å². The first-order valence-electron chi connectivity index (χ1n) is 8.68. The molecule has 2 bridgehead atoms. The monoisotopic (exact) mass is 267 g/mol. The molecule has 1 heteroatoms. The molecule has 6 unspecified atom stereocenters. The van der Waals surface area contributed by atoms with E-state index in [1.54, 1.807) is 17.5 Å². The van der Waals surface area contributed by atoms with Gasteiger partial charge in [-0.15, -0.1) is 0 Å². The van der Waals surface area contributed by atoms with Gasteiger partial charge in [0.2, 0.25) is 0 Å². The average molecular weight is 267 g/mol. The van der Waals surface area contributed by atoms with Crippen molar-refractivity contribution in [2.75, 3.05) is 0 Å². The van der Waals surface area contributed by atoms with Gasteiger partial charge in [-0.3, -0.25) is 0 Å². The van der Waals surface area contributed by atoms with E-state index in [1.807, 2.05) is 0 Å². The lowest BCUT2D eigenvalue weighted by Gasteiger charge is -2.31. The SMILES string of the molecule is CC1CCC(NC2C3C4CCC(C4)C23)c2ccccc21. The van der Waals surface area contributed by atoms with E-state index in [0.29, 0.717) is 6.04 Å². The number of hydrogen-bond acceptors (Lipinski definition) is 1. The third-order valence-corrected chi connectivity index (χ3v) is 6.92. The molecule has 6 atom stereocenters. The lowest BCUT2D eigenvalue weighted by molar-refractivity contribution is 0.380. The summed E-state index contributed by atoms with van der Waals surface area (Å²) in [4.78, 5) is 0. The lowest BCUT2D eigenvalue weighted by Crippen LogP contribution is -2.31. The summed E-state index contributed by atoms with van der Waals surface area (Å²) in [6.45, 7) is 2.39. The lowest BCUT2D eigenvalue weighted by atomic mass is 9.81. The normalized spacial score (nSPS) is 48.0. The van der Waals surface area contributed by atoms with Gasteiger partial charge in [0.15, 0.2) is 0 Å². The molecule has 20 heavy (non-hydrogen) atoms. The Bertz CT molecular complexity index is 520. The maximum absolute atomic E-state index is 4.07. The number of fused-ring (bicyclic) bond motifs is 6. The largest absolute Gasteiger partial charge is 0.307 e. The Morgan fingerprint density at radius 1 is 0.900 bits per heavy atom. The molecule has 1 nitrogen and oxygen atoms in total. The Balaban J connectivity index is 1.37. The van der Waals surface area contributed by atoms with E-state index >= 15 is 0 Å². The fourth-order valence-electron chi connectivity index (χ4n) is 5.96. The molecule has 0 spiro atoms. The molecule has 0 aromatic heterocycles. The molecule has 0 heterocycles. The first kappa shape index (κ1) is 11.8. The van der Waals surface area contributed by atoms with Crippen molar-refractivity contribution >= 4 is 0 Å². The highest BCUT2D eigenvalue weighted by Crippen LogP contribution is 2.66. The van der Waals surface area contributed by atoms with Crippen LogP contribution in [-0.4, -0.2) is 6.04 Å². The quantitative estimate of drug-likeness (QED) is 0.844. The molecule has 3 saturated carbocycles. The third kappa shape index (κ3) is 1.53. The minimum atomic E-state index is 0.636. The van der Waals surface area contributed by atoms with Crippen LogP contribution >= 0.6 is 0 Å². The molecule has 106 valence electrons. The van der Waals surface area contributed by atoms with Gasteiger partial charge < -0.3 is 5.32 Å². The molecule has 5 rings (SSSR count). The van der Waals surface area contributed by atoms with Gasteiger partial charge in [-0.1, -0.05) is 31.2 Å². The standard InChI is InChI=1S/C19H25N/c1-11-6-9-16(15-5-3-2-4-14(11)15)20-19-17-12-7-8-13(10-12)18(17)19/h2-5,11-13,16-20H,6-10H2,1H3.